The van der Waals surface area contributed by atoms with E-state index in [0.29, 0.717) is 0 Å². The molecule has 9 aromatic carbocycles. The van der Waals surface area contributed by atoms with Gasteiger partial charge in [-0.3, -0.25) is 0 Å². The van der Waals surface area contributed by atoms with Gasteiger partial charge in [0.1, 0.15) is 11.2 Å². The van der Waals surface area contributed by atoms with Gasteiger partial charge in [0, 0.05) is 42.5 Å². The summed E-state index contributed by atoms with van der Waals surface area (Å²) in [5.41, 5.74) is 12.0. The zero-order valence-electron chi connectivity index (χ0n) is 29.8. The first-order valence-corrected chi connectivity index (χ1v) is 19.5. The van der Waals surface area contributed by atoms with Gasteiger partial charge in [-0.25, -0.2) is 0 Å². The van der Waals surface area contributed by atoms with Crippen LogP contribution < -0.4 is 4.90 Å². The molecule has 0 atom stereocenters. The summed E-state index contributed by atoms with van der Waals surface area (Å²) in [5, 5.41) is 7.29. The van der Waals surface area contributed by atoms with Crippen molar-refractivity contribution < 1.29 is 4.42 Å². The first-order chi connectivity index (χ1) is 27.3. The van der Waals surface area contributed by atoms with Crippen LogP contribution in [0.2, 0.25) is 0 Å². The molecule has 2 heterocycles. The topological polar surface area (TPSA) is 16.4 Å². The number of nitrogens with zero attached hydrogens (tertiary/aromatic N) is 1. The largest absolute Gasteiger partial charge is 0.455 e. The molecule has 0 aliphatic heterocycles. The van der Waals surface area contributed by atoms with Crippen LogP contribution in [0.1, 0.15) is 0 Å². The van der Waals surface area contributed by atoms with Gasteiger partial charge in [0.15, 0.2) is 0 Å². The van der Waals surface area contributed by atoms with Crippen LogP contribution in [-0.4, -0.2) is 0 Å². The Hall–Kier alpha value is -6.94. The van der Waals surface area contributed by atoms with Gasteiger partial charge in [0.2, 0.25) is 0 Å². The maximum Gasteiger partial charge on any atom is 0.145 e. The lowest BCUT2D eigenvalue weighted by molar-refractivity contribution is 0.670. The van der Waals surface area contributed by atoms with Gasteiger partial charge in [0.05, 0.1) is 11.1 Å². The van der Waals surface area contributed by atoms with Crippen molar-refractivity contribution >= 4 is 81.3 Å². The van der Waals surface area contributed by atoms with Gasteiger partial charge in [0.25, 0.3) is 0 Å². The van der Waals surface area contributed by atoms with Crippen LogP contribution in [0.25, 0.3) is 86.3 Å². The molecule has 0 spiro atoms. The predicted octanol–water partition coefficient (Wildman–Crippen LogP) is 15.6. The molecule has 0 radical (unpaired) electrons. The highest BCUT2D eigenvalue weighted by atomic mass is 32.1. The van der Waals surface area contributed by atoms with Crippen molar-refractivity contribution in [3.8, 4) is 33.4 Å². The maximum atomic E-state index is 6.89. The molecule has 0 unspecified atom stereocenters. The van der Waals surface area contributed by atoms with Crippen molar-refractivity contribution in [2.75, 3.05) is 4.90 Å². The number of hydrogen-bond acceptors (Lipinski definition) is 3. The molecular formula is C52H33NOS. The maximum absolute atomic E-state index is 6.89. The Kier molecular flexibility index (Phi) is 7.39. The molecule has 0 fully saturated rings. The zero-order valence-corrected chi connectivity index (χ0v) is 30.6. The highest BCUT2D eigenvalue weighted by molar-refractivity contribution is 7.25. The lowest BCUT2D eigenvalue weighted by Crippen LogP contribution is -2.10. The lowest BCUT2D eigenvalue weighted by Gasteiger charge is -2.27. The Morgan fingerprint density at radius 2 is 1.02 bits per heavy atom. The van der Waals surface area contributed by atoms with E-state index in [4.69, 9.17) is 4.42 Å². The normalized spacial score (nSPS) is 11.6. The highest BCUT2D eigenvalue weighted by Gasteiger charge is 2.23. The molecule has 2 nitrogen and oxygen atoms in total. The summed E-state index contributed by atoms with van der Waals surface area (Å²) in [6, 6.07) is 72.0. The van der Waals surface area contributed by atoms with E-state index in [-0.39, 0.29) is 0 Å². The summed E-state index contributed by atoms with van der Waals surface area (Å²) in [6.45, 7) is 0. The molecule has 0 N–H and O–H groups in total. The fourth-order valence-corrected chi connectivity index (χ4v) is 9.49. The molecule has 2 aromatic heterocycles. The first-order valence-electron chi connectivity index (χ1n) is 18.7. The quantitative estimate of drug-likeness (QED) is 0.170. The fourth-order valence-electron chi connectivity index (χ4n) is 8.34. The molecule has 0 aliphatic carbocycles. The average molecular weight is 720 g/mol. The van der Waals surface area contributed by atoms with Crippen molar-refractivity contribution in [2.45, 2.75) is 0 Å². The number of rotatable bonds is 6. The Morgan fingerprint density at radius 1 is 0.382 bits per heavy atom. The molecule has 0 saturated heterocycles. The molecule has 0 bridgehead atoms. The summed E-state index contributed by atoms with van der Waals surface area (Å²) >= 11 is 1.85. The van der Waals surface area contributed by atoms with Gasteiger partial charge >= 0.3 is 0 Å². The third-order valence-corrected chi connectivity index (χ3v) is 12.0. The van der Waals surface area contributed by atoms with E-state index in [1.807, 2.05) is 11.3 Å². The van der Waals surface area contributed by atoms with Crippen LogP contribution in [0.4, 0.5) is 17.1 Å². The number of benzene rings is 9. The summed E-state index contributed by atoms with van der Waals surface area (Å²) in [5.74, 6) is 0. The molecule has 0 amide bonds. The number of hydrogen-bond donors (Lipinski definition) is 0. The van der Waals surface area contributed by atoms with Gasteiger partial charge < -0.3 is 9.32 Å². The smallest absolute Gasteiger partial charge is 0.145 e. The van der Waals surface area contributed by atoms with E-state index in [2.05, 4.69) is 205 Å². The second kappa shape index (κ2) is 12.9. The molecule has 0 saturated carbocycles. The molecule has 0 aliphatic rings. The van der Waals surface area contributed by atoms with Crippen molar-refractivity contribution in [3.05, 3.63) is 200 Å². The predicted molar refractivity (Wildman–Crippen MR) is 235 cm³/mol. The Balaban J connectivity index is 1.10. The Bertz CT molecular complexity index is 3200. The van der Waals surface area contributed by atoms with E-state index >= 15 is 0 Å². The fraction of sp³-hybridized carbons (Fsp3) is 0. The van der Waals surface area contributed by atoms with Gasteiger partial charge in [-0.2, -0.15) is 0 Å². The van der Waals surface area contributed by atoms with Gasteiger partial charge in [-0.15, -0.1) is 11.3 Å². The van der Waals surface area contributed by atoms with Crippen LogP contribution in [0.15, 0.2) is 205 Å². The Morgan fingerprint density at radius 3 is 1.89 bits per heavy atom. The van der Waals surface area contributed by atoms with Crippen LogP contribution in [0.3, 0.4) is 0 Å². The Labute approximate surface area is 322 Å². The second-order valence-corrected chi connectivity index (χ2v) is 15.1. The molecule has 3 heteroatoms. The molecule has 55 heavy (non-hydrogen) atoms. The van der Waals surface area contributed by atoms with Crippen LogP contribution >= 0.6 is 11.3 Å². The third kappa shape index (κ3) is 5.24. The minimum absolute atomic E-state index is 0.870. The summed E-state index contributed by atoms with van der Waals surface area (Å²) in [4.78, 5) is 2.36. The van der Waals surface area contributed by atoms with Crippen LogP contribution in [0, 0.1) is 0 Å². The van der Waals surface area contributed by atoms with Crippen LogP contribution in [0.5, 0.6) is 0 Å². The lowest BCUT2D eigenvalue weighted by atomic mass is 9.92. The number of thiophene rings is 1. The highest BCUT2D eigenvalue weighted by Crippen LogP contribution is 2.48. The number of fused-ring (bicyclic) bond motifs is 7. The summed E-state index contributed by atoms with van der Waals surface area (Å²) < 4.78 is 9.50. The van der Waals surface area contributed by atoms with Crippen LogP contribution in [-0.2, 0) is 0 Å². The summed E-state index contributed by atoms with van der Waals surface area (Å²) in [7, 11) is 0. The van der Waals surface area contributed by atoms with Crippen molar-refractivity contribution in [1.29, 1.82) is 0 Å². The minimum Gasteiger partial charge on any atom is -0.455 e. The van der Waals surface area contributed by atoms with E-state index < -0.39 is 0 Å². The monoisotopic (exact) mass is 719 g/mol. The molecule has 258 valence electrons. The molecule has 11 rings (SSSR count). The minimum atomic E-state index is 0.870. The second-order valence-electron chi connectivity index (χ2n) is 14.0. The van der Waals surface area contributed by atoms with E-state index in [1.54, 1.807) is 0 Å². The van der Waals surface area contributed by atoms with E-state index in [9.17, 15) is 0 Å². The van der Waals surface area contributed by atoms with E-state index in [0.717, 1.165) is 50.1 Å². The van der Waals surface area contributed by atoms with Gasteiger partial charge in [-0.1, -0.05) is 146 Å². The first kappa shape index (κ1) is 31.6. The van der Waals surface area contributed by atoms with Crippen molar-refractivity contribution in [3.63, 3.8) is 0 Å². The summed E-state index contributed by atoms with van der Waals surface area (Å²) in [6.07, 6.45) is 0. The number of furan rings is 1. The SMILES string of the molecule is c1ccc(N(c2ccc(-c3cccc4ccccc34)cc2)c2ccc(-c3ccccc3-c3ccc4c(c3)sc3ccccc34)c3oc4ccccc4c23)cc1. The standard InChI is InChI=1S/C52H33NOS/c1-2-15-37(16-3-1)53(38-28-25-35(26-29-38)40-22-12-14-34-13-4-5-17-39(34)40)47-32-31-45(52-51(47)46-21-8-10-23-48(46)54-52)42-19-7-6-18-41(42)36-27-30-44-43-20-9-11-24-49(43)55-50(44)33-36/h1-33H. The van der Waals surface area contributed by atoms with Gasteiger partial charge in [-0.05, 0) is 93.2 Å². The van der Waals surface area contributed by atoms with Crippen molar-refractivity contribution in [1.82, 2.24) is 0 Å². The third-order valence-electron chi connectivity index (χ3n) is 10.9. The van der Waals surface area contributed by atoms with E-state index in [1.165, 1.54) is 53.2 Å². The number of anilines is 3. The zero-order chi connectivity index (χ0) is 36.3. The molecular weight excluding hydrogens is 687 g/mol. The number of para-hydroxylation sites is 2. The average Bonchev–Trinajstić information content (AvgIpc) is 3.83. The van der Waals surface area contributed by atoms with Crippen molar-refractivity contribution in [2.24, 2.45) is 0 Å². The molecule has 11 aromatic rings.